The van der Waals surface area contributed by atoms with Gasteiger partial charge in [0.25, 0.3) is 5.96 Å². The first-order valence-corrected chi connectivity index (χ1v) is 8.33. The molecule has 0 aliphatic rings. The van der Waals surface area contributed by atoms with E-state index in [9.17, 15) is 0 Å². The van der Waals surface area contributed by atoms with Gasteiger partial charge in [0.15, 0.2) is 0 Å². The molecule has 0 spiro atoms. The van der Waals surface area contributed by atoms with Crippen LogP contribution in [0.25, 0.3) is 0 Å². The number of nitrogens with one attached hydrogen (secondary N) is 2. The summed E-state index contributed by atoms with van der Waals surface area (Å²) < 4.78 is 1.98. The zero-order valence-electron chi connectivity index (χ0n) is 16.0. The van der Waals surface area contributed by atoms with Crippen LogP contribution >= 0.6 is 0 Å². The molecule has 0 amide bonds. The Bertz CT molecular complexity index is 702. The van der Waals surface area contributed by atoms with Crippen molar-refractivity contribution in [1.82, 2.24) is 4.90 Å². The summed E-state index contributed by atoms with van der Waals surface area (Å²) in [5.41, 5.74) is 4.43. The van der Waals surface area contributed by atoms with Crippen LogP contribution in [0, 0.1) is 13.8 Å². The highest BCUT2D eigenvalue weighted by Gasteiger charge is 2.15. The largest absolute Gasteiger partial charge is 0.392 e. The monoisotopic (exact) mass is 338 g/mol. The SMILES string of the molecule is Cc1ccc(NC(=NC(N(C)C)=[N+](C)C)Nc2ccc(C)cc2)cc1. The third-order valence-corrected chi connectivity index (χ3v) is 3.64. The van der Waals surface area contributed by atoms with E-state index >= 15 is 0 Å². The van der Waals surface area contributed by atoms with Gasteiger partial charge in [-0.3, -0.25) is 9.48 Å². The van der Waals surface area contributed by atoms with Crippen LogP contribution in [-0.2, 0) is 0 Å². The van der Waals surface area contributed by atoms with Crippen LogP contribution < -0.4 is 10.6 Å². The van der Waals surface area contributed by atoms with Gasteiger partial charge in [-0.15, -0.1) is 0 Å². The number of anilines is 2. The van der Waals surface area contributed by atoms with Crippen molar-refractivity contribution in [1.29, 1.82) is 0 Å². The molecule has 0 heterocycles. The summed E-state index contributed by atoms with van der Waals surface area (Å²) in [6.07, 6.45) is 0. The molecule has 25 heavy (non-hydrogen) atoms. The van der Waals surface area contributed by atoms with Gasteiger partial charge in [0.2, 0.25) is 0 Å². The van der Waals surface area contributed by atoms with Crippen molar-refractivity contribution < 1.29 is 4.58 Å². The number of benzene rings is 2. The average Bonchev–Trinajstić information content (AvgIpc) is 2.56. The predicted molar refractivity (Wildman–Crippen MR) is 108 cm³/mol. The number of hydrogen-bond acceptors (Lipinski definition) is 0. The quantitative estimate of drug-likeness (QED) is 0.501. The smallest absolute Gasteiger partial charge is 0.312 e. The first-order valence-electron chi connectivity index (χ1n) is 8.33. The van der Waals surface area contributed by atoms with E-state index in [0.29, 0.717) is 5.96 Å². The Balaban J connectivity index is 2.34. The molecule has 0 saturated heterocycles. The van der Waals surface area contributed by atoms with E-state index in [2.05, 4.69) is 48.7 Å². The van der Waals surface area contributed by atoms with Crippen LogP contribution in [0.15, 0.2) is 53.5 Å². The van der Waals surface area contributed by atoms with Crippen molar-refractivity contribution in [2.24, 2.45) is 4.99 Å². The van der Waals surface area contributed by atoms with Crippen molar-refractivity contribution in [3.63, 3.8) is 0 Å². The van der Waals surface area contributed by atoms with E-state index in [0.717, 1.165) is 17.3 Å². The maximum absolute atomic E-state index is 4.77. The summed E-state index contributed by atoms with van der Waals surface area (Å²) >= 11 is 0. The van der Waals surface area contributed by atoms with E-state index in [1.54, 1.807) is 0 Å². The normalized spacial score (nSPS) is 10.0. The van der Waals surface area contributed by atoms with Gasteiger partial charge in [-0.25, -0.2) is 0 Å². The molecule has 0 saturated carbocycles. The van der Waals surface area contributed by atoms with E-state index in [1.165, 1.54) is 11.1 Å². The van der Waals surface area contributed by atoms with Crippen LogP contribution in [0.5, 0.6) is 0 Å². The van der Waals surface area contributed by atoms with Gasteiger partial charge >= 0.3 is 5.96 Å². The lowest BCUT2D eigenvalue weighted by molar-refractivity contribution is -0.470. The van der Waals surface area contributed by atoms with Crippen LogP contribution in [0.4, 0.5) is 11.4 Å². The van der Waals surface area contributed by atoms with Crippen molar-refractivity contribution in [2.45, 2.75) is 13.8 Å². The fourth-order valence-electron chi connectivity index (χ4n) is 2.33. The fraction of sp³-hybridized carbons (Fsp3) is 0.300. The molecule has 0 bridgehead atoms. The Hall–Kier alpha value is -2.82. The molecule has 0 unspecified atom stereocenters. The molecule has 5 heteroatoms. The Kier molecular flexibility index (Phi) is 6.17. The number of hydrogen-bond donors (Lipinski definition) is 2. The molecule has 0 aromatic heterocycles. The van der Waals surface area contributed by atoms with Crippen LogP contribution in [0.2, 0.25) is 0 Å². The van der Waals surface area contributed by atoms with Gasteiger partial charge in [0.1, 0.15) is 0 Å². The number of nitrogens with zero attached hydrogens (tertiary/aromatic N) is 3. The van der Waals surface area contributed by atoms with Gasteiger partial charge in [-0.1, -0.05) is 35.4 Å². The average molecular weight is 338 g/mol. The number of aliphatic imine (C=N–C) groups is 1. The molecule has 2 N–H and O–H groups in total. The molecule has 2 aromatic rings. The summed E-state index contributed by atoms with van der Waals surface area (Å²) in [5.74, 6) is 1.51. The predicted octanol–water partition coefficient (Wildman–Crippen LogP) is 3.37. The van der Waals surface area contributed by atoms with Crippen molar-refractivity contribution in [3.8, 4) is 0 Å². The van der Waals surface area contributed by atoms with Crippen molar-refractivity contribution in [2.75, 3.05) is 38.8 Å². The first kappa shape index (κ1) is 18.5. The van der Waals surface area contributed by atoms with Crippen molar-refractivity contribution >= 4 is 23.3 Å². The van der Waals surface area contributed by atoms with Crippen LogP contribution in [0.1, 0.15) is 11.1 Å². The van der Waals surface area contributed by atoms with E-state index in [1.807, 2.05) is 61.9 Å². The topological polar surface area (TPSA) is 42.7 Å². The second kappa shape index (κ2) is 8.33. The summed E-state index contributed by atoms with van der Waals surface area (Å²) in [7, 11) is 7.92. The Morgan fingerprint density at radius 2 is 1.20 bits per heavy atom. The van der Waals surface area contributed by atoms with Crippen LogP contribution in [0.3, 0.4) is 0 Å². The van der Waals surface area contributed by atoms with Gasteiger partial charge in [0.05, 0.1) is 28.2 Å². The van der Waals surface area contributed by atoms with E-state index in [4.69, 9.17) is 4.99 Å². The molecule has 2 aromatic carbocycles. The highest BCUT2D eigenvalue weighted by Crippen LogP contribution is 2.12. The maximum atomic E-state index is 4.77. The molecule has 0 atom stereocenters. The van der Waals surface area contributed by atoms with Crippen molar-refractivity contribution in [3.05, 3.63) is 59.7 Å². The zero-order valence-corrected chi connectivity index (χ0v) is 16.0. The molecule has 0 aliphatic heterocycles. The highest BCUT2D eigenvalue weighted by molar-refractivity contribution is 6.08. The molecular weight excluding hydrogens is 310 g/mol. The Morgan fingerprint density at radius 3 is 1.52 bits per heavy atom. The summed E-state index contributed by atoms with van der Waals surface area (Å²) in [5, 5.41) is 6.75. The zero-order chi connectivity index (χ0) is 18.4. The molecule has 2 rings (SSSR count). The fourth-order valence-corrected chi connectivity index (χ4v) is 2.33. The number of rotatable bonds is 2. The molecule has 0 aliphatic carbocycles. The minimum absolute atomic E-state index is 0.671. The standard InChI is InChI=1S/C20H27N5/c1-15-7-11-17(12-8-15)21-19(23-20(24(3)4)25(5)6)22-18-13-9-16(2)10-14-18/h7-14H,1-6H3,(H,21,22)/p+1. The Labute approximate surface area is 150 Å². The lowest BCUT2D eigenvalue weighted by Crippen LogP contribution is -2.32. The second-order valence-electron chi connectivity index (χ2n) is 6.53. The van der Waals surface area contributed by atoms with Gasteiger partial charge in [-0.2, -0.15) is 0 Å². The Morgan fingerprint density at radius 1 is 0.800 bits per heavy atom. The van der Waals surface area contributed by atoms with E-state index < -0.39 is 0 Å². The summed E-state index contributed by atoms with van der Waals surface area (Å²) in [4.78, 5) is 6.75. The molecular formula is C20H28N5+. The molecule has 5 nitrogen and oxygen atoms in total. The third-order valence-electron chi connectivity index (χ3n) is 3.64. The minimum atomic E-state index is 0.671. The lowest BCUT2D eigenvalue weighted by Gasteiger charge is -2.12. The first-order chi connectivity index (χ1) is 11.8. The van der Waals surface area contributed by atoms with Crippen LogP contribution in [-0.4, -0.2) is 49.6 Å². The number of guanidine groups is 2. The molecule has 0 fully saturated rings. The second-order valence-corrected chi connectivity index (χ2v) is 6.53. The number of aryl methyl sites for hydroxylation is 2. The molecule has 0 radical (unpaired) electrons. The minimum Gasteiger partial charge on any atom is -0.312 e. The maximum Gasteiger partial charge on any atom is 0.392 e. The summed E-state index contributed by atoms with van der Waals surface area (Å²) in [6, 6.07) is 16.5. The lowest BCUT2D eigenvalue weighted by atomic mass is 10.2. The van der Waals surface area contributed by atoms with E-state index in [-0.39, 0.29) is 0 Å². The molecule has 132 valence electrons. The van der Waals surface area contributed by atoms with Gasteiger partial charge in [0, 0.05) is 11.4 Å². The van der Waals surface area contributed by atoms with Gasteiger partial charge in [-0.05, 0) is 43.1 Å². The highest BCUT2D eigenvalue weighted by atomic mass is 15.3. The summed E-state index contributed by atoms with van der Waals surface area (Å²) in [6.45, 7) is 4.15. The van der Waals surface area contributed by atoms with Gasteiger partial charge < -0.3 is 10.6 Å². The third kappa shape index (κ3) is 5.64.